The van der Waals surface area contributed by atoms with Crippen LogP contribution in [0.2, 0.25) is 0 Å². The van der Waals surface area contributed by atoms with E-state index in [4.69, 9.17) is 0 Å². The second-order valence-corrected chi connectivity index (χ2v) is 4.53. The molecule has 2 aromatic carbocycles. The average Bonchev–Trinajstić information content (AvgIpc) is 2.54. The Morgan fingerprint density at radius 1 is 1.22 bits per heavy atom. The lowest BCUT2D eigenvalue weighted by molar-refractivity contribution is -0.0504. The fourth-order valence-corrected chi connectivity index (χ4v) is 1.96. The predicted octanol–water partition coefficient (Wildman–Crippen LogP) is 3.83. The van der Waals surface area contributed by atoms with Gasteiger partial charge in [-0.2, -0.15) is 8.78 Å². The van der Waals surface area contributed by atoms with E-state index in [-0.39, 0.29) is 23.5 Å². The van der Waals surface area contributed by atoms with Crippen molar-refractivity contribution < 1.29 is 27.4 Å². The van der Waals surface area contributed by atoms with Crippen LogP contribution in [-0.2, 0) is 11.3 Å². The van der Waals surface area contributed by atoms with Crippen LogP contribution >= 0.6 is 0 Å². The van der Waals surface area contributed by atoms with Crippen LogP contribution in [0.5, 0.6) is 5.75 Å². The van der Waals surface area contributed by atoms with Crippen LogP contribution in [0.15, 0.2) is 42.5 Å². The molecule has 0 amide bonds. The van der Waals surface area contributed by atoms with Crippen LogP contribution in [0, 0.1) is 5.82 Å². The quantitative estimate of drug-likeness (QED) is 0.820. The molecule has 0 aliphatic rings. The molecule has 4 nitrogen and oxygen atoms in total. The third-order valence-corrected chi connectivity index (χ3v) is 3.05. The molecule has 0 radical (unpaired) electrons. The number of methoxy groups -OCH3 is 1. The molecule has 0 aliphatic carbocycles. The molecule has 0 heterocycles. The normalized spacial score (nSPS) is 10.5. The monoisotopic (exact) mass is 325 g/mol. The first-order chi connectivity index (χ1) is 11.0. The molecule has 0 aromatic heterocycles. The van der Waals surface area contributed by atoms with Gasteiger partial charge in [-0.1, -0.05) is 18.2 Å². The number of ether oxygens (including phenoxy) is 2. The van der Waals surface area contributed by atoms with E-state index in [9.17, 15) is 18.0 Å². The van der Waals surface area contributed by atoms with Gasteiger partial charge in [0.05, 0.1) is 18.4 Å². The Morgan fingerprint density at radius 2 is 1.96 bits per heavy atom. The summed E-state index contributed by atoms with van der Waals surface area (Å²) < 4.78 is 47.5. The van der Waals surface area contributed by atoms with Gasteiger partial charge < -0.3 is 14.8 Å². The summed E-state index contributed by atoms with van der Waals surface area (Å²) in [4.78, 5) is 11.5. The Morgan fingerprint density at radius 3 is 2.65 bits per heavy atom. The Kier molecular flexibility index (Phi) is 5.46. The van der Waals surface area contributed by atoms with Gasteiger partial charge in [0.15, 0.2) is 0 Å². The van der Waals surface area contributed by atoms with Gasteiger partial charge in [0.2, 0.25) is 0 Å². The van der Waals surface area contributed by atoms with Crippen LogP contribution in [0.25, 0.3) is 0 Å². The molecule has 0 saturated heterocycles. The number of alkyl halides is 2. The molecule has 0 bridgehead atoms. The SMILES string of the molecule is COC(=O)c1ccc(F)c(NCc2ccccc2OC(F)F)c1. The summed E-state index contributed by atoms with van der Waals surface area (Å²) in [6, 6.07) is 9.88. The minimum atomic E-state index is -2.95. The summed E-state index contributed by atoms with van der Waals surface area (Å²) in [5, 5.41) is 2.75. The lowest BCUT2D eigenvalue weighted by atomic mass is 10.1. The van der Waals surface area contributed by atoms with Crippen molar-refractivity contribution in [2.75, 3.05) is 12.4 Å². The summed E-state index contributed by atoms with van der Waals surface area (Å²) in [5.74, 6) is -1.18. The number of hydrogen-bond acceptors (Lipinski definition) is 4. The van der Waals surface area contributed by atoms with E-state index in [1.165, 1.54) is 25.3 Å². The topological polar surface area (TPSA) is 47.6 Å². The highest BCUT2D eigenvalue weighted by Gasteiger charge is 2.12. The molecule has 0 spiro atoms. The van der Waals surface area contributed by atoms with Gasteiger partial charge in [0, 0.05) is 12.1 Å². The number of hydrogen-bond donors (Lipinski definition) is 1. The van der Waals surface area contributed by atoms with E-state index in [1.807, 2.05) is 0 Å². The molecule has 2 rings (SSSR count). The van der Waals surface area contributed by atoms with E-state index < -0.39 is 18.4 Å². The zero-order valence-corrected chi connectivity index (χ0v) is 12.2. The van der Waals surface area contributed by atoms with Gasteiger partial charge in [-0.25, -0.2) is 9.18 Å². The van der Waals surface area contributed by atoms with E-state index in [2.05, 4.69) is 14.8 Å². The van der Waals surface area contributed by atoms with E-state index in [0.717, 1.165) is 6.07 Å². The number of rotatable bonds is 6. The maximum absolute atomic E-state index is 13.8. The van der Waals surface area contributed by atoms with Crippen molar-refractivity contribution in [3.05, 3.63) is 59.4 Å². The molecule has 2 aromatic rings. The summed E-state index contributed by atoms with van der Waals surface area (Å²) in [7, 11) is 1.22. The maximum Gasteiger partial charge on any atom is 0.387 e. The molecule has 0 aliphatic heterocycles. The van der Waals surface area contributed by atoms with Gasteiger partial charge in [0.25, 0.3) is 0 Å². The number of anilines is 1. The third-order valence-electron chi connectivity index (χ3n) is 3.05. The second kappa shape index (κ2) is 7.53. The molecule has 7 heteroatoms. The van der Waals surface area contributed by atoms with Gasteiger partial charge in [-0.05, 0) is 24.3 Å². The Balaban J connectivity index is 2.16. The number of halogens is 3. The van der Waals surface area contributed by atoms with Crippen molar-refractivity contribution in [2.24, 2.45) is 0 Å². The van der Waals surface area contributed by atoms with Gasteiger partial charge in [-0.15, -0.1) is 0 Å². The Bertz CT molecular complexity index is 692. The first-order valence-corrected chi connectivity index (χ1v) is 6.65. The van der Waals surface area contributed by atoms with Crippen LogP contribution in [0.3, 0.4) is 0 Å². The molecule has 23 heavy (non-hydrogen) atoms. The molecule has 0 atom stereocenters. The molecule has 1 N–H and O–H groups in total. The zero-order chi connectivity index (χ0) is 16.8. The van der Waals surface area contributed by atoms with E-state index in [1.54, 1.807) is 18.2 Å². The van der Waals surface area contributed by atoms with Crippen LogP contribution < -0.4 is 10.1 Å². The fourth-order valence-electron chi connectivity index (χ4n) is 1.96. The smallest absolute Gasteiger partial charge is 0.387 e. The summed E-state index contributed by atoms with van der Waals surface area (Å²) in [6.45, 7) is -2.90. The Labute approximate surface area is 130 Å². The standard InChI is InChI=1S/C16H14F3NO3/c1-22-15(21)10-6-7-12(17)13(8-10)20-9-11-4-2-3-5-14(11)23-16(18)19/h2-8,16,20H,9H2,1H3. The number of carbonyl (C=O) groups is 1. The highest BCUT2D eigenvalue weighted by molar-refractivity contribution is 5.90. The van der Waals surface area contributed by atoms with Crippen molar-refractivity contribution in [3.63, 3.8) is 0 Å². The lowest BCUT2D eigenvalue weighted by Gasteiger charge is -2.13. The van der Waals surface area contributed by atoms with Gasteiger partial charge in [-0.3, -0.25) is 0 Å². The minimum absolute atomic E-state index is 0.000435. The molecule has 0 unspecified atom stereocenters. The van der Waals surface area contributed by atoms with Crippen molar-refractivity contribution in [1.29, 1.82) is 0 Å². The lowest BCUT2D eigenvalue weighted by Crippen LogP contribution is -2.08. The number of nitrogens with one attached hydrogen (secondary N) is 1. The average molecular weight is 325 g/mol. The third kappa shape index (κ3) is 4.38. The molecule has 0 fully saturated rings. The number of para-hydroxylation sites is 1. The highest BCUT2D eigenvalue weighted by Crippen LogP contribution is 2.23. The predicted molar refractivity (Wildman–Crippen MR) is 78.1 cm³/mol. The Hall–Kier alpha value is -2.70. The summed E-state index contributed by atoms with van der Waals surface area (Å²) in [6.07, 6.45) is 0. The van der Waals surface area contributed by atoms with Crippen molar-refractivity contribution in [1.82, 2.24) is 0 Å². The molecule has 0 saturated carbocycles. The van der Waals surface area contributed by atoms with Crippen LogP contribution in [0.4, 0.5) is 18.9 Å². The first kappa shape index (κ1) is 16.7. The molecular formula is C16H14F3NO3. The molecule has 122 valence electrons. The fraction of sp³-hybridized carbons (Fsp3) is 0.188. The first-order valence-electron chi connectivity index (χ1n) is 6.65. The summed E-state index contributed by atoms with van der Waals surface area (Å²) in [5.41, 5.74) is 0.656. The van der Waals surface area contributed by atoms with Gasteiger partial charge >= 0.3 is 12.6 Å². The number of esters is 1. The van der Waals surface area contributed by atoms with E-state index in [0.29, 0.717) is 5.56 Å². The maximum atomic E-state index is 13.8. The van der Waals surface area contributed by atoms with Crippen molar-refractivity contribution in [2.45, 2.75) is 13.2 Å². The highest BCUT2D eigenvalue weighted by atomic mass is 19.3. The number of benzene rings is 2. The second-order valence-electron chi connectivity index (χ2n) is 4.53. The van der Waals surface area contributed by atoms with Crippen LogP contribution in [0.1, 0.15) is 15.9 Å². The van der Waals surface area contributed by atoms with E-state index >= 15 is 0 Å². The molecular weight excluding hydrogens is 311 g/mol. The van der Waals surface area contributed by atoms with Gasteiger partial charge in [0.1, 0.15) is 11.6 Å². The summed E-state index contributed by atoms with van der Waals surface area (Å²) >= 11 is 0. The van der Waals surface area contributed by atoms with Crippen molar-refractivity contribution in [3.8, 4) is 5.75 Å². The minimum Gasteiger partial charge on any atom is -0.465 e. The zero-order valence-electron chi connectivity index (χ0n) is 12.2. The number of carbonyl (C=O) groups excluding carboxylic acids is 1. The van der Waals surface area contributed by atoms with Crippen LogP contribution in [-0.4, -0.2) is 19.7 Å². The van der Waals surface area contributed by atoms with Crippen molar-refractivity contribution >= 4 is 11.7 Å². The largest absolute Gasteiger partial charge is 0.465 e.